The Balaban J connectivity index is 2.20. The van der Waals surface area contributed by atoms with Gasteiger partial charge in [0, 0.05) is 18.8 Å². The zero-order valence-electron chi connectivity index (χ0n) is 9.01. The molecule has 0 unspecified atom stereocenters. The van der Waals surface area contributed by atoms with E-state index in [1.807, 2.05) is 0 Å². The van der Waals surface area contributed by atoms with Crippen LogP contribution in [0.15, 0.2) is 18.2 Å². The monoisotopic (exact) mass is 190 g/mol. The van der Waals surface area contributed by atoms with E-state index in [1.165, 1.54) is 29.7 Å². The average Bonchev–Trinajstić information content (AvgIpc) is 2.17. The minimum Gasteiger partial charge on any atom is -0.385 e. The van der Waals surface area contributed by atoms with Crippen molar-refractivity contribution in [2.24, 2.45) is 0 Å². The SMILES string of the molecule is CN(C)Cc1ccc2c(c1)NCCC2. The molecule has 0 spiro atoms. The highest BCUT2D eigenvalue weighted by atomic mass is 15.0. The lowest BCUT2D eigenvalue weighted by atomic mass is 10.0. The normalized spacial score (nSPS) is 15.1. The number of anilines is 1. The molecule has 0 bridgehead atoms. The number of benzene rings is 1. The van der Waals surface area contributed by atoms with Gasteiger partial charge in [0.05, 0.1) is 0 Å². The van der Waals surface area contributed by atoms with Crippen molar-refractivity contribution in [2.75, 3.05) is 26.0 Å². The van der Waals surface area contributed by atoms with Crippen molar-refractivity contribution < 1.29 is 0 Å². The Bertz CT molecular complexity index is 318. The van der Waals surface area contributed by atoms with Gasteiger partial charge < -0.3 is 10.2 Å². The van der Waals surface area contributed by atoms with E-state index >= 15 is 0 Å². The Morgan fingerprint density at radius 3 is 3.00 bits per heavy atom. The van der Waals surface area contributed by atoms with Crippen LogP contribution in [0, 0.1) is 0 Å². The topological polar surface area (TPSA) is 15.3 Å². The van der Waals surface area contributed by atoms with Crippen LogP contribution in [-0.2, 0) is 13.0 Å². The van der Waals surface area contributed by atoms with Gasteiger partial charge in [0.15, 0.2) is 0 Å². The van der Waals surface area contributed by atoms with Crippen molar-refractivity contribution in [3.63, 3.8) is 0 Å². The van der Waals surface area contributed by atoms with Crippen molar-refractivity contribution in [3.05, 3.63) is 29.3 Å². The fraction of sp³-hybridized carbons (Fsp3) is 0.500. The zero-order valence-corrected chi connectivity index (χ0v) is 9.01. The van der Waals surface area contributed by atoms with Gasteiger partial charge in [0.25, 0.3) is 0 Å². The molecule has 1 aliphatic heterocycles. The van der Waals surface area contributed by atoms with Gasteiger partial charge in [-0.25, -0.2) is 0 Å². The molecule has 0 atom stereocenters. The first-order chi connectivity index (χ1) is 6.75. The smallest absolute Gasteiger partial charge is 0.0375 e. The van der Waals surface area contributed by atoms with Gasteiger partial charge in [-0.15, -0.1) is 0 Å². The average molecular weight is 190 g/mol. The van der Waals surface area contributed by atoms with Gasteiger partial charge in [-0.1, -0.05) is 12.1 Å². The van der Waals surface area contributed by atoms with E-state index in [0.29, 0.717) is 0 Å². The third-order valence-corrected chi connectivity index (χ3v) is 2.61. The molecule has 1 N–H and O–H groups in total. The highest BCUT2D eigenvalue weighted by Crippen LogP contribution is 2.23. The molecule has 0 aliphatic carbocycles. The molecule has 1 aromatic rings. The molecule has 0 radical (unpaired) electrons. The quantitative estimate of drug-likeness (QED) is 0.768. The summed E-state index contributed by atoms with van der Waals surface area (Å²) in [5, 5.41) is 3.46. The number of nitrogens with zero attached hydrogens (tertiary/aromatic N) is 1. The van der Waals surface area contributed by atoms with E-state index in [9.17, 15) is 0 Å². The molecule has 1 aromatic carbocycles. The second kappa shape index (κ2) is 4.01. The van der Waals surface area contributed by atoms with E-state index in [2.05, 4.69) is 42.5 Å². The molecule has 0 fully saturated rings. The highest BCUT2D eigenvalue weighted by molar-refractivity contribution is 5.54. The Morgan fingerprint density at radius 1 is 1.36 bits per heavy atom. The van der Waals surface area contributed by atoms with Gasteiger partial charge >= 0.3 is 0 Å². The molecule has 2 heteroatoms. The summed E-state index contributed by atoms with van der Waals surface area (Å²) >= 11 is 0. The number of fused-ring (bicyclic) bond motifs is 1. The molecule has 0 amide bonds. The maximum atomic E-state index is 3.46. The lowest BCUT2D eigenvalue weighted by Crippen LogP contribution is -2.14. The molecule has 0 saturated heterocycles. The third-order valence-electron chi connectivity index (χ3n) is 2.61. The lowest BCUT2D eigenvalue weighted by molar-refractivity contribution is 0.402. The van der Waals surface area contributed by atoms with Crippen molar-refractivity contribution in [3.8, 4) is 0 Å². The van der Waals surface area contributed by atoms with Crippen LogP contribution in [0.5, 0.6) is 0 Å². The molecule has 0 aromatic heterocycles. The Labute approximate surface area is 85.9 Å². The number of hydrogen-bond acceptors (Lipinski definition) is 2. The summed E-state index contributed by atoms with van der Waals surface area (Å²) in [6.45, 7) is 2.15. The summed E-state index contributed by atoms with van der Waals surface area (Å²) < 4.78 is 0. The molecule has 1 heterocycles. The van der Waals surface area contributed by atoms with E-state index in [-0.39, 0.29) is 0 Å². The van der Waals surface area contributed by atoms with Crippen LogP contribution >= 0.6 is 0 Å². The summed E-state index contributed by atoms with van der Waals surface area (Å²) in [6, 6.07) is 6.79. The molecule has 2 rings (SSSR count). The van der Waals surface area contributed by atoms with Gasteiger partial charge in [0.1, 0.15) is 0 Å². The predicted octanol–water partition coefficient (Wildman–Crippen LogP) is 2.11. The summed E-state index contributed by atoms with van der Waals surface area (Å²) in [5.74, 6) is 0. The zero-order chi connectivity index (χ0) is 9.97. The maximum absolute atomic E-state index is 3.46. The molecule has 14 heavy (non-hydrogen) atoms. The lowest BCUT2D eigenvalue weighted by Gasteiger charge is -2.19. The van der Waals surface area contributed by atoms with E-state index < -0.39 is 0 Å². The summed E-state index contributed by atoms with van der Waals surface area (Å²) in [4.78, 5) is 2.20. The van der Waals surface area contributed by atoms with Crippen LogP contribution in [0.4, 0.5) is 5.69 Å². The molecule has 1 aliphatic rings. The van der Waals surface area contributed by atoms with Crippen molar-refractivity contribution in [1.29, 1.82) is 0 Å². The molecular weight excluding hydrogens is 172 g/mol. The van der Waals surface area contributed by atoms with E-state index in [4.69, 9.17) is 0 Å². The fourth-order valence-corrected chi connectivity index (χ4v) is 1.97. The van der Waals surface area contributed by atoms with Gasteiger partial charge in [0.2, 0.25) is 0 Å². The molecule has 0 saturated carbocycles. The summed E-state index contributed by atoms with van der Waals surface area (Å²) in [5.41, 5.74) is 4.21. The van der Waals surface area contributed by atoms with Crippen LogP contribution < -0.4 is 5.32 Å². The second-order valence-corrected chi connectivity index (χ2v) is 4.26. The Hall–Kier alpha value is -1.02. The summed E-state index contributed by atoms with van der Waals surface area (Å²) in [6.07, 6.45) is 2.49. The number of rotatable bonds is 2. The van der Waals surface area contributed by atoms with Gasteiger partial charge in [-0.2, -0.15) is 0 Å². The maximum Gasteiger partial charge on any atom is 0.0375 e. The fourth-order valence-electron chi connectivity index (χ4n) is 1.97. The largest absolute Gasteiger partial charge is 0.385 e. The van der Waals surface area contributed by atoms with Crippen LogP contribution in [0.3, 0.4) is 0 Å². The minimum atomic E-state index is 1.02. The van der Waals surface area contributed by atoms with Gasteiger partial charge in [-0.3, -0.25) is 0 Å². The van der Waals surface area contributed by atoms with Crippen LogP contribution in [-0.4, -0.2) is 25.5 Å². The number of hydrogen-bond donors (Lipinski definition) is 1. The summed E-state index contributed by atoms with van der Waals surface area (Å²) in [7, 11) is 4.21. The third kappa shape index (κ3) is 2.07. The first-order valence-electron chi connectivity index (χ1n) is 5.26. The number of nitrogens with one attached hydrogen (secondary N) is 1. The van der Waals surface area contributed by atoms with E-state index in [1.54, 1.807) is 0 Å². The van der Waals surface area contributed by atoms with Crippen LogP contribution in [0.25, 0.3) is 0 Å². The van der Waals surface area contributed by atoms with Crippen molar-refractivity contribution in [1.82, 2.24) is 4.90 Å². The van der Waals surface area contributed by atoms with E-state index in [0.717, 1.165) is 13.1 Å². The predicted molar refractivity (Wildman–Crippen MR) is 60.6 cm³/mol. The second-order valence-electron chi connectivity index (χ2n) is 4.26. The standard InChI is InChI=1S/C12H18N2/c1-14(2)9-10-5-6-11-4-3-7-13-12(11)8-10/h5-6,8,13H,3-4,7,9H2,1-2H3. The molecular formula is C12H18N2. The molecule has 76 valence electrons. The first kappa shape index (κ1) is 9.53. The Morgan fingerprint density at radius 2 is 2.21 bits per heavy atom. The van der Waals surface area contributed by atoms with Crippen molar-refractivity contribution in [2.45, 2.75) is 19.4 Å². The molecule has 2 nitrogen and oxygen atoms in total. The van der Waals surface area contributed by atoms with Crippen LogP contribution in [0.2, 0.25) is 0 Å². The van der Waals surface area contributed by atoms with Crippen molar-refractivity contribution >= 4 is 5.69 Å². The Kier molecular flexibility index (Phi) is 2.73. The van der Waals surface area contributed by atoms with Crippen LogP contribution in [0.1, 0.15) is 17.5 Å². The minimum absolute atomic E-state index is 1.02. The number of aryl methyl sites for hydroxylation is 1. The van der Waals surface area contributed by atoms with Gasteiger partial charge in [-0.05, 0) is 44.1 Å². The highest BCUT2D eigenvalue weighted by Gasteiger charge is 2.08. The first-order valence-corrected chi connectivity index (χ1v) is 5.26.